The molecule has 0 N–H and O–H groups in total. The number of carbonyl (C=O) groups is 2. The topological polar surface area (TPSA) is 52.6 Å². The van der Waals surface area contributed by atoms with Crippen LogP contribution in [0, 0.1) is 5.41 Å². The third-order valence-electron chi connectivity index (χ3n) is 4.31. The van der Waals surface area contributed by atoms with Gasteiger partial charge >= 0.3 is 11.9 Å². The van der Waals surface area contributed by atoms with E-state index in [1.54, 1.807) is 24.3 Å². The second kappa shape index (κ2) is 11.8. The minimum atomic E-state index is -0.473. The van der Waals surface area contributed by atoms with Gasteiger partial charge in [0.05, 0.1) is 23.8 Å². The Bertz CT molecular complexity index is 586. The number of unbranched alkanes of at least 4 members (excludes halogenated alkanes) is 5. The molecule has 0 fully saturated rings. The Morgan fingerprint density at radius 1 is 0.926 bits per heavy atom. The van der Waals surface area contributed by atoms with Crippen molar-refractivity contribution in [1.29, 1.82) is 0 Å². The zero-order valence-electron chi connectivity index (χ0n) is 17.7. The zero-order valence-corrected chi connectivity index (χ0v) is 17.7. The summed E-state index contributed by atoms with van der Waals surface area (Å²) >= 11 is 0. The minimum Gasteiger partial charge on any atom is -0.462 e. The summed E-state index contributed by atoms with van der Waals surface area (Å²) < 4.78 is 10.9. The molecule has 0 heterocycles. The second-order valence-corrected chi connectivity index (χ2v) is 8.43. The first-order valence-corrected chi connectivity index (χ1v) is 10.2. The Labute approximate surface area is 164 Å². The van der Waals surface area contributed by atoms with Crippen LogP contribution in [-0.4, -0.2) is 24.6 Å². The molecule has 1 unspecified atom stereocenters. The molecule has 0 saturated carbocycles. The first-order valence-electron chi connectivity index (χ1n) is 10.2. The van der Waals surface area contributed by atoms with Crippen molar-refractivity contribution < 1.29 is 19.1 Å². The molecule has 1 aromatic carbocycles. The van der Waals surface area contributed by atoms with Crippen LogP contribution in [0.4, 0.5) is 0 Å². The minimum absolute atomic E-state index is 0.0648. The zero-order chi connectivity index (χ0) is 20.3. The van der Waals surface area contributed by atoms with Crippen LogP contribution in [0.3, 0.4) is 0 Å². The quantitative estimate of drug-likeness (QED) is 0.341. The Hall–Kier alpha value is -1.84. The molecular weight excluding hydrogens is 340 g/mol. The van der Waals surface area contributed by atoms with Gasteiger partial charge in [0.15, 0.2) is 0 Å². The molecule has 0 saturated heterocycles. The van der Waals surface area contributed by atoms with Crippen LogP contribution in [0.1, 0.15) is 100 Å². The Kier molecular flexibility index (Phi) is 10.1. The van der Waals surface area contributed by atoms with Crippen LogP contribution in [0.2, 0.25) is 0 Å². The molecule has 0 bridgehead atoms. The lowest BCUT2D eigenvalue weighted by Crippen LogP contribution is -2.23. The van der Waals surface area contributed by atoms with Crippen LogP contribution in [0.15, 0.2) is 24.3 Å². The molecule has 0 aliphatic heterocycles. The van der Waals surface area contributed by atoms with Crippen molar-refractivity contribution in [2.45, 2.75) is 85.7 Å². The lowest BCUT2D eigenvalue weighted by Gasteiger charge is -2.23. The van der Waals surface area contributed by atoms with Gasteiger partial charge in [-0.25, -0.2) is 9.59 Å². The van der Waals surface area contributed by atoms with Gasteiger partial charge in [-0.05, 0) is 37.3 Å². The lowest BCUT2D eigenvalue weighted by atomic mass is 9.90. The van der Waals surface area contributed by atoms with Gasteiger partial charge in [0, 0.05) is 0 Å². The van der Waals surface area contributed by atoms with Crippen molar-refractivity contribution in [1.82, 2.24) is 0 Å². The van der Waals surface area contributed by atoms with Crippen LogP contribution < -0.4 is 0 Å². The van der Waals surface area contributed by atoms with Gasteiger partial charge < -0.3 is 9.47 Å². The van der Waals surface area contributed by atoms with Crippen molar-refractivity contribution in [3.63, 3.8) is 0 Å². The van der Waals surface area contributed by atoms with Gasteiger partial charge in [0.25, 0.3) is 0 Å². The number of rotatable bonds is 11. The summed E-state index contributed by atoms with van der Waals surface area (Å²) in [5.74, 6) is -0.932. The van der Waals surface area contributed by atoms with E-state index in [-0.39, 0.29) is 22.6 Å². The maximum Gasteiger partial charge on any atom is 0.339 e. The predicted octanol–water partition coefficient (Wildman–Crippen LogP) is 6.19. The number of ether oxygens (including phenoxy) is 2. The summed E-state index contributed by atoms with van der Waals surface area (Å²) in [4.78, 5) is 24.9. The monoisotopic (exact) mass is 376 g/mol. The molecule has 0 aliphatic carbocycles. The van der Waals surface area contributed by atoms with Crippen molar-refractivity contribution >= 4 is 11.9 Å². The molecule has 1 atom stereocenters. The highest BCUT2D eigenvalue weighted by atomic mass is 16.5. The van der Waals surface area contributed by atoms with Crippen LogP contribution >= 0.6 is 0 Å². The van der Waals surface area contributed by atoms with Gasteiger partial charge in [0.1, 0.15) is 0 Å². The fourth-order valence-electron chi connectivity index (χ4n) is 3.11. The summed E-state index contributed by atoms with van der Waals surface area (Å²) in [5.41, 5.74) is 0.609. The van der Waals surface area contributed by atoms with E-state index in [0.29, 0.717) is 6.61 Å². The summed E-state index contributed by atoms with van der Waals surface area (Å²) in [6.45, 7) is 10.8. The van der Waals surface area contributed by atoms with E-state index in [2.05, 4.69) is 27.7 Å². The average Bonchev–Trinajstić information content (AvgIpc) is 2.59. The summed E-state index contributed by atoms with van der Waals surface area (Å²) in [7, 11) is 0. The van der Waals surface area contributed by atoms with Crippen molar-refractivity contribution in [3.8, 4) is 0 Å². The Morgan fingerprint density at radius 3 is 2.07 bits per heavy atom. The molecule has 1 aromatic rings. The molecule has 0 radical (unpaired) electrons. The van der Waals surface area contributed by atoms with Gasteiger partial charge in [-0.2, -0.15) is 0 Å². The molecule has 4 nitrogen and oxygen atoms in total. The lowest BCUT2D eigenvalue weighted by molar-refractivity contribution is 0.0244. The number of esters is 2. The molecule has 152 valence electrons. The van der Waals surface area contributed by atoms with Gasteiger partial charge in [-0.1, -0.05) is 71.9 Å². The standard InChI is InChI=1S/C23H36O4/c1-6-7-8-9-10-13-16-26-21(24)19-14-11-12-15-20(19)22(25)27-18(2)17-23(3,4)5/h11-12,14-15,18H,6-10,13,16-17H2,1-5H3. The third kappa shape index (κ3) is 9.60. The first-order chi connectivity index (χ1) is 12.7. The first kappa shape index (κ1) is 23.2. The summed E-state index contributed by atoms with van der Waals surface area (Å²) in [6.07, 6.45) is 7.31. The van der Waals surface area contributed by atoms with E-state index in [1.165, 1.54) is 25.7 Å². The highest BCUT2D eigenvalue weighted by molar-refractivity contribution is 6.03. The average molecular weight is 377 g/mol. The van der Waals surface area contributed by atoms with E-state index in [1.807, 2.05) is 6.92 Å². The molecular formula is C23H36O4. The number of hydrogen-bond acceptors (Lipinski definition) is 4. The normalized spacial score (nSPS) is 12.5. The van der Waals surface area contributed by atoms with Gasteiger partial charge in [-0.3, -0.25) is 0 Å². The van der Waals surface area contributed by atoms with Gasteiger partial charge in [0.2, 0.25) is 0 Å². The molecule has 0 spiro atoms. The molecule has 0 aliphatic rings. The second-order valence-electron chi connectivity index (χ2n) is 8.43. The number of carbonyl (C=O) groups excluding carboxylic acids is 2. The Balaban J connectivity index is 2.57. The highest BCUT2D eigenvalue weighted by Gasteiger charge is 2.23. The third-order valence-corrected chi connectivity index (χ3v) is 4.31. The molecule has 0 aromatic heterocycles. The number of benzene rings is 1. The van der Waals surface area contributed by atoms with Crippen LogP contribution in [0.25, 0.3) is 0 Å². The van der Waals surface area contributed by atoms with Crippen LogP contribution in [0.5, 0.6) is 0 Å². The number of hydrogen-bond donors (Lipinski definition) is 0. The maximum atomic E-state index is 12.5. The largest absolute Gasteiger partial charge is 0.462 e. The fourth-order valence-corrected chi connectivity index (χ4v) is 3.11. The van der Waals surface area contributed by atoms with Crippen LogP contribution in [-0.2, 0) is 9.47 Å². The van der Waals surface area contributed by atoms with Crippen molar-refractivity contribution in [2.24, 2.45) is 5.41 Å². The summed E-state index contributed by atoms with van der Waals surface area (Å²) in [5, 5.41) is 0. The van der Waals surface area contributed by atoms with Crippen molar-refractivity contribution in [3.05, 3.63) is 35.4 Å². The molecule has 27 heavy (non-hydrogen) atoms. The van der Waals surface area contributed by atoms with E-state index in [0.717, 1.165) is 19.3 Å². The van der Waals surface area contributed by atoms with E-state index >= 15 is 0 Å². The SMILES string of the molecule is CCCCCCCCOC(=O)c1ccccc1C(=O)OC(C)CC(C)(C)C. The summed E-state index contributed by atoms with van der Waals surface area (Å²) in [6, 6.07) is 6.70. The van der Waals surface area contributed by atoms with E-state index in [4.69, 9.17) is 9.47 Å². The van der Waals surface area contributed by atoms with E-state index in [9.17, 15) is 9.59 Å². The molecule has 1 rings (SSSR count). The van der Waals surface area contributed by atoms with E-state index < -0.39 is 11.9 Å². The highest BCUT2D eigenvalue weighted by Crippen LogP contribution is 2.23. The predicted molar refractivity (Wildman–Crippen MR) is 109 cm³/mol. The van der Waals surface area contributed by atoms with Gasteiger partial charge in [-0.15, -0.1) is 0 Å². The maximum absolute atomic E-state index is 12.5. The van der Waals surface area contributed by atoms with Crippen molar-refractivity contribution in [2.75, 3.05) is 6.61 Å². The molecule has 0 amide bonds. The fraction of sp³-hybridized carbons (Fsp3) is 0.652. The smallest absolute Gasteiger partial charge is 0.339 e. The molecule has 4 heteroatoms. The Morgan fingerprint density at radius 2 is 1.48 bits per heavy atom.